The van der Waals surface area contributed by atoms with Crippen LogP contribution in [0.25, 0.3) is 16.6 Å². The van der Waals surface area contributed by atoms with Crippen molar-refractivity contribution in [3.63, 3.8) is 0 Å². The molecule has 0 unspecified atom stereocenters. The third-order valence-electron chi connectivity index (χ3n) is 4.88. The van der Waals surface area contributed by atoms with Crippen LogP contribution in [0.15, 0.2) is 72.9 Å². The summed E-state index contributed by atoms with van der Waals surface area (Å²) < 4.78 is 51.1. The first-order valence-corrected chi connectivity index (χ1v) is 9.39. The van der Waals surface area contributed by atoms with E-state index in [-0.39, 0.29) is 5.75 Å². The number of rotatable bonds is 4. The van der Waals surface area contributed by atoms with Crippen molar-refractivity contribution in [1.29, 1.82) is 5.26 Å². The minimum Gasteiger partial charge on any atom is -0.465 e. The van der Waals surface area contributed by atoms with E-state index in [1.54, 1.807) is 42.5 Å². The van der Waals surface area contributed by atoms with Gasteiger partial charge >= 0.3 is 12.1 Å². The lowest BCUT2D eigenvalue weighted by atomic mass is 10.1. The fourth-order valence-corrected chi connectivity index (χ4v) is 3.34. The van der Waals surface area contributed by atoms with Crippen LogP contribution in [0.4, 0.5) is 13.2 Å². The zero-order valence-corrected chi connectivity index (χ0v) is 16.7. The molecular formula is C24H15F3N2O3. The second-order valence-corrected chi connectivity index (χ2v) is 6.86. The van der Waals surface area contributed by atoms with Crippen LogP contribution in [-0.4, -0.2) is 17.6 Å². The highest BCUT2D eigenvalue weighted by Gasteiger charge is 2.33. The molecule has 0 aliphatic heterocycles. The van der Waals surface area contributed by atoms with Crippen molar-refractivity contribution in [2.24, 2.45) is 0 Å². The largest absolute Gasteiger partial charge is 0.465 e. The third kappa shape index (κ3) is 4.01. The van der Waals surface area contributed by atoms with Crippen LogP contribution in [0.5, 0.6) is 11.5 Å². The highest BCUT2D eigenvalue weighted by molar-refractivity contribution is 5.95. The van der Waals surface area contributed by atoms with Gasteiger partial charge in [-0.2, -0.15) is 18.4 Å². The van der Waals surface area contributed by atoms with Crippen LogP contribution >= 0.6 is 0 Å². The molecule has 1 aromatic heterocycles. The lowest BCUT2D eigenvalue weighted by Crippen LogP contribution is -2.07. The van der Waals surface area contributed by atoms with E-state index in [2.05, 4.69) is 0 Å². The Balaban J connectivity index is 1.61. The molecule has 4 aromatic rings. The van der Waals surface area contributed by atoms with Gasteiger partial charge in [0.1, 0.15) is 11.5 Å². The number of ether oxygens (including phenoxy) is 2. The van der Waals surface area contributed by atoms with Crippen LogP contribution in [0, 0.1) is 11.3 Å². The number of hydrogen-bond donors (Lipinski definition) is 0. The van der Waals surface area contributed by atoms with Gasteiger partial charge in [-0.1, -0.05) is 6.07 Å². The molecule has 4 rings (SSSR count). The van der Waals surface area contributed by atoms with Crippen molar-refractivity contribution >= 4 is 16.9 Å². The summed E-state index contributed by atoms with van der Waals surface area (Å²) in [6.07, 6.45) is -2.75. The van der Waals surface area contributed by atoms with Crippen molar-refractivity contribution in [2.75, 3.05) is 7.11 Å². The maximum Gasteiger partial charge on any atom is 0.417 e. The van der Waals surface area contributed by atoms with Crippen molar-refractivity contribution in [3.8, 4) is 23.3 Å². The minimum atomic E-state index is -4.61. The molecule has 3 aromatic carbocycles. The molecule has 5 nitrogen and oxygen atoms in total. The predicted octanol–water partition coefficient (Wildman–Crippen LogP) is 6.10. The Labute approximate surface area is 180 Å². The number of alkyl halides is 3. The van der Waals surface area contributed by atoms with Gasteiger partial charge in [0.15, 0.2) is 0 Å². The van der Waals surface area contributed by atoms with Gasteiger partial charge in [-0.05, 0) is 66.0 Å². The van der Waals surface area contributed by atoms with Crippen molar-refractivity contribution < 1.29 is 27.4 Å². The minimum absolute atomic E-state index is 0.122. The Bertz CT molecular complexity index is 1350. The molecule has 0 fully saturated rings. The summed E-state index contributed by atoms with van der Waals surface area (Å²) in [5, 5.41) is 9.97. The van der Waals surface area contributed by atoms with E-state index in [9.17, 15) is 18.0 Å². The third-order valence-corrected chi connectivity index (χ3v) is 4.88. The van der Waals surface area contributed by atoms with Crippen LogP contribution in [0.1, 0.15) is 21.5 Å². The Morgan fingerprint density at radius 2 is 1.69 bits per heavy atom. The van der Waals surface area contributed by atoms with Gasteiger partial charge in [0.25, 0.3) is 0 Å². The predicted molar refractivity (Wildman–Crippen MR) is 111 cm³/mol. The second kappa shape index (κ2) is 8.12. The molecule has 0 saturated carbocycles. The smallest absolute Gasteiger partial charge is 0.417 e. The van der Waals surface area contributed by atoms with E-state index >= 15 is 0 Å². The molecule has 8 heteroatoms. The normalized spacial score (nSPS) is 11.2. The average Bonchev–Trinajstić information content (AvgIpc) is 3.21. The molecule has 0 bridgehead atoms. The van der Waals surface area contributed by atoms with Crippen LogP contribution < -0.4 is 4.74 Å². The molecule has 0 saturated heterocycles. The second-order valence-electron chi connectivity index (χ2n) is 6.86. The zero-order valence-electron chi connectivity index (χ0n) is 16.7. The molecule has 0 aliphatic carbocycles. The molecule has 0 amide bonds. The van der Waals surface area contributed by atoms with Gasteiger partial charge < -0.3 is 14.0 Å². The molecule has 160 valence electrons. The maximum atomic E-state index is 13.0. The quantitative estimate of drug-likeness (QED) is 0.363. The number of aromatic nitrogens is 1. The van der Waals surface area contributed by atoms with Crippen molar-refractivity contribution in [2.45, 2.75) is 6.18 Å². The fraction of sp³-hybridized carbons (Fsp3) is 0.0833. The van der Waals surface area contributed by atoms with Gasteiger partial charge in [-0.25, -0.2) is 4.79 Å². The van der Waals surface area contributed by atoms with Gasteiger partial charge in [0.2, 0.25) is 0 Å². The number of carbonyl (C=O) groups is 1. The van der Waals surface area contributed by atoms with E-state index < -0.39 is 23.3 Å². The number of esters is 1. The first-order valence-electron chi connectivity index (χ1n) is 9.39. The van der Waals surface area contributed by atoms with E-state index in [0.29, 0.717) is 11.3 Å². The molecule has 32 heavy (non-hydrogen) atoms. The van der Waals surface area contributed by atoms with E-state index in [1.807, 2.05) is 22.9 Å². The number of fused-ring (bicyclic) bond motifs is 1. The average molecular weight is 436 g/mol. The summed E-state index contributed by atoms with van der Waals surface area (Å²) in [7, 11) is 1.32. The van der Waals surface area contributed by atoms with Crippen molar-refractivity contribution in [3.05, 3.63) is 89.6 Å². The summed E-state index contributed by atoms with van der Waals surface area (Å²) in [5.41, 5.74) is 0.512. The molecule has 1 heterocycles. The number of hydrogen-bond acceptors (Lipinski definition) is 4. The number of halogens is 3. The lowest BCUT2D eigenvalue weighted by Gasteiger charge is -2.12. The standard InChI is InChI=1S/C24H15F3N2O3/c1-31-23(30)16-3-2-15-10-11-29(22(15)13-16)18-4-6-19(7-5-18)32-20-8-9-21(24(25,26)27)17(12-20)14-28/h2-13H,1H3. The number of carbonyl (C=O) groups excluding carboxylic acids is 1. The zero-order chi connectivity index (χ0) is 22.9. The van der Waals surface area contributed by atoms with Gasteiger partial charge in [0.05, 0.1) is 35.4 Å². The Morgan fingerprint density at radius 1 is 0.969 bits per heavy atom. The monoisotopic (exact) mass is 436 g/mol. The number of nitrogens with zero attached hydrogens (tertiary/aromatic N) is 2. The van der Waals surface area contributed by atoms with Crippen LogP contribution in [0.2, 0.25) is 0 Å². The van der Waals surface area contributed by atoms with Crippen LogP contribution in [0.3, 0.4) is 0 Å². The van der Waals surface area contributed by atoms with Gasteiger partial charge in [-0.15, -0.1) is 0 Å². The highest BCUT2D eigenvalue weighted by Crippen LogP contribution is 2.34. The van der Waals surface area contributed by atoms with E-state index in [1.165, 1.54) is 13.2 Å². The first-order chi connectivity index (χ1) is 15.3. The molecule has 0 atom stereocenters. The van der Waals surface area contributed by atoms with Gasteiger partial charge in [0, 0.05) is 11.9 Å². The summed E-state index contributed by atoms with van der Waals surface area (Å²) >= 11 is 0. The van der Waals surface area contributed by atoms with Gasteiger partial charge in [-0.3, -0.25) is 0 Å². The number of nitriles is 1. The summed E-state index contributed by atoms with van der Waals surface area (Å²) in [5.74, 6) is 0.0808. The Kier molecular flexibility index (Phi) is 5.33. The molecular weight excluding hydrogens is 421 g/mol. The number of methoxy groups -OCH3 is 1. The molecule has 0 radical (unpaired) electrons. The fourth-order valence-electron chi connectivity index (χ4n) is 3.34. The SMILES string of the molecule is COC(=O)c1ccc2ccn(-c3ccc(Oc4ccc(C(F)(F)F)c(C#N)c4)cc3)c2c1. The van der Waals surface area contributed by atoms with E-state index in [0.717, 1.165) is 28.7 Å². The topological polar surface area (TPSA) is 64.2 Å². The highest BCUT2D eigenvalue weighted by atomic mass is 19.4. The maximum absolute atomic E-state index is 13.0. The first kappa shape index (κ1) is 21.0. The molecule has 0 N–H and O–H groups in total. The summed E-state index contributed by atoms with van der Waals surface area (Å²) in [6, 6.07) is 18.6. The Morgan fingerprint density at radius 3 is 2.34 bits per heavy atom. The molecule has 0 aliphatic rings. The van der Waals surface area contributed by atoms with E-state index in [4.69, 9.17) is 14.7 Å². The molecule has 0 spiro atoms. The number of benzene rings is 3. The lowest BCUT2D eigenvalue weighted by molar-refractivity contribution is -0.137. The Hall–Kier alpha value is -4.25. The van der Waals surface area contributed by atoms with Crippen molar-refractivity contribution in [1.82, 2.24) is 4.57 Å². The van der Waals surface area contributed by atoms with Crippen LogP contribution in [-0.2, 0) is 10.9 Å². The summed E-state index contributed by atoms with van der Waals surface area (Å²) in [6.45, 7) is 0. The summed E-state index contributed by atoms with van der Waals surface area (Å²) in [4.78, 5) is 11.8.